The van der Waals surface area contributed by atoms with E-state index in [1.165, 1.54) is 12.1 Å². The Morgan fingerprint density at radius 2 is 1.87 bits per heavy atom. The molecule has 1 radical (unpaired) electrons. The van der Waals surface area contributed by atoms with Gasteiger partial charge in [-0.3, -0.25) is 0 Å². The van der Waals surface area contributed by atoms with Crippen molar-refractivity contribution >= 4 is 5.69 Å². The summed E-state index contributed by atoms with van der Waals surface area (Å²) in [7, 11) is 0. The van der Waals surface area contributed by atoms with Crippen LogP contribution in [0.25, 0.3) is 0 Å². The topological polar surface area (TPSA) is 3.24 Å². The summed E-state index contributed by atoms with van der Waals surface area (Å²) >= 11 is 0. The van der Waals surface area contributed by atoms with E-state index in [4.69, 9.17) is 0 Å². The maximum atomic E-state index is 12.7. The van der Waals surface area contributed by atoms with Crippen LogP contribution >= 0.6 is 0 Å². The van der Waals surface area contributed by atoms with Crippen molar-refractivity contribution < 1.29 is 13.2 Å². The second-order valence-electron chi connectivity index (χ2n) is 3.64. The molecule has 1 heterocycles. The SMILES string of the molecule is FC(F)(F)c1c[c]ccc1N1CCCC1. The lowest BCUT2D eigenvalue weighted by Crippen LogP contribution is -2.21. The van der Waals surface area contributed by atoms with E-state index in [0.717, 1.165) is 18.9 Å². The molecule has 0 unspecified atom stereocenters. The molecule has 1 nitrogen and oxygen atoms in total. The van der Waals surface area contributed by atoms with Gasteiger partial charge in [0.25, 0.3) is 0 Å². The van der Waals surface area contributed by atoms with Crippen LogP contribution in [0.1, 0.15) is 18.4 Å². The highest BCUT2D eigenvalue weighted by Gasteiger charge is 2.34. The Morgan fingerprint density at radius 1 is 1.20 bits per heavy atom. The van der Waals surface area contributed by atoms with E-state index in [1.807, 2.05) is 0 Å². The first-order valence-corrected chi connectivity index (χ1v) is 4.91. The first kappa shape index (κ1) is 10.3. The minimum atomic E-state index is -4.28. The monoisotopic (exact) mass is 214 g/mol. The van der Waals surface area contributed by atoms with Crippen LogP contribution in [0.2, 0.25) is 0 Å². The van der Waals surface area contributed by atoms with Crippen molar-refractivity contribution in [2.24, 2.45) is 0 Å². The minimum absolute atomic E-state index is 0.291. The second kappa shape index (κ2) is 3.76. The molecule has 81 valence electrons. The van der Waals surface area contributed by atoms with Crippen molar-refractivity contribution in [1.29, 1.82) is 0 Å². The second-order valence-corrected chi connectivity index (χ2v) is 3.64. The van der Waals surface area contributed by atoms with E-state index < -0.39 is 11.7 Å². The van der Waals surface area contributed by atoms with E-state index in [2.05, 4.69) is 6.07 Å². The van der Waals surface area contributed by atoms with Gasteiger partial charge in [0.05, 0.1) is 5.56 Å². The smallest absolute Gasteiger partial charge is 0.371 e. The van der Waals surface area contributed by atoms with E-state index in [-0.39, 0.29) is 0 Å². The fraction of sp³-hybridized carbons (Fsp3) is 0.455. The summed E-state index contributed by atoms with van der Waals surface area (Å²) in [4.78, 5) is 1.79. The largest absolute Gasteiger partial charge is 0.418 e. The van der Waals surface area contributed by atoms with E-state index >= 15 is 0 Å². The highest BCUT2D eigenvalue weighted by atomic mass is 19.4. The zero-order valence-corrected chi connectivity index (χ0v) is 8.14. The van der Waals surface area contributed by atoms with Gasteiger partial charge >= 0.3 is 6.18 Å². The number of anilines is 1. The lowest BCUT2D eigenvalue weighted by atomic mass is 10.1. The first-order chi connectivity index (χ1) is 7.09. The van der Waals surface area contributed by atoms with Crippen LogP contribution in [0.15, 0.2) is 18.2 Å². The number of nitrogens with zero attached hydrogens (tertiary/aromatic N) is 1. The van der Waals surface area contributed by atoms with Gasteiger partial charge in [0.15, 0.2) is 0 Å². The average molecular weight is 214 g/mol. The summed E-state index contributed by atoms with van der Waals surface area (Å²) in [6, 6.07) is 6.53. The van der Waals surface area contributed by atoms with Gasteiger partial charge in [-0.05, 0) is 31.0 Å². The molecule has 0 aromatic heterocycles. The van der Waals surface area contributed by atoms with Crippen LogP contribution in [0.3, 0.4) is 0 Å². The Kier molecular flexibility index (Phi) is 2.59. The van der Waals surface area contributed by atoms with Crippen molar-refractivity contribution in [2.45, 2.75) is 19.0 Å². The molecule has 0 spiro atoms. The van der Waals surface area contributed by atoms with Gasteiger partial charge < -0.3 is 4.90 Å². The lowest BCUT2D eigenvalue weighted by molar-refractivity contribution is -0.137. The van der Waals surface area contributed by atoms with Crippen LogP contribution in [-0.4, -0.2) is 13.1 Å². The van der Waals surface area contributed by atoms with Gasteiger partial charge in [-0.15, -0.1) is 0 Å². The summed E-state index contributed by atoms with van der Waals surface area (Å²) in [5.74, 6) is 0. The number of hydrogen-bond acceptors (Lipinski definition) is 1. The van der Waals surface area contributed by atoms with Crippen LogP contribution < -0.4 is 4.90 Å². The zero-order valence-electron chi connectivity index (χ0n) is 8.14. The normalized spacial score (nSPS) is 17.1. The van der Waals surface area contributed by atoms with Crippen LogP contribution in [0.4, 0.5) is 18.9 Å². The van der Waals surface area contributed by atoms with Gasteiger partial charge in [-0.25, -0.2) is 0 Å². The Morgan fingerprint density at radius 3 is 2.47 bits per heavy atom. The zero-order chi connectivity index (χ0) is 10.9. The molecule has 0 saturated carbocycles. The highest BCUT2D eigenvalue weighted by Crippen LogP contribution is 2.37. The van der Waals surface area contributed by atoms with Crippen molar-refractivity contribution in [3.05, 3.63) is 29.8 Å². The van der Waals surface area contributed by atoms with Crippen molar-refractivity contribution in [2.75, 3.05) is 18.0 Å². The highest BCUT2D eigenvalue weighted by molar-refractivity contribution is 5.55. The quantitative estimate of drug-likeness (QED) is 0.694. The Hall–Kier alpha value is -1.19. The van der Waals surface area contributed by atoms with Gasteiger partial charge in [0.1, 0.15) is 0 Å². The molecule has 0 amide bonds. The molecule has 0 bridgehead atoms. The lowest BCUT2D eigenvalue weighted by Gasteiger charge is -2.22. The molecule has 1 aliphatic rings. The van der Waals surface area contributed by atoms with Gasteiger partial charge in [-0.1, -0.05) is 6.07 Å². The molecule has 0 N–H and O–H groups in total. The van der Waals surface area contributed by atoms with Gasteiger partial charge in [0.2, 0.25) is 0 Å². The molecule has 1 fully saturated rings. The average Bonchev–Trinajstić information content (AvgIpc) is 2.69. The van der Waals surface area contributed by atoms with Crippen molar-refractivity contribution in [3.8, 4) is 0 Å². The fourth-order valence-electron chi connectivity index (χ4n) is 1.88. The molecule has 1 saturated heterocycles. The number of halogens is 3. The van der Waals surface area contributed by atoms with E-state index in [9.17, 15) is 13.2 Å². The molecule has 1 aliphatic heterocycles. The summed E-state index contributed by atoms with van der Waals surface area (Å²) in [6.07, 6.45) is -2.35. The molecular formula is C11H11F3N. The third-order valence-corrected chi connectivity index (χ3v) is 2.59. The van der Waals surface area contributed by atoms with Crippen molar-refractivity contribution in [1.82, 2.24) is 0 Å². The number of rotatable bonds is 1. The summed E-state index contributed by atoms with van der Waals surface area (Å²) in [5.41, 5.74) is -0.286. The molecule has 0 atom stereocenters. The first-order valence-electron chi connectivity index (χ1n) is 4.91. The number of hydrogen-bond donors (Lipinski definition) is 0. The summed E-state index contributed by atoms with van der Waals surface area (Å²) in [5, 5.41) is 0. The van der Waals surface area contributed by atoms with Crippen LogP contribution in [0.5, 0.6) is 0 Å². The Balaban J connectivity index is 2.37. The standard InChI is InChI=1S/C11H11F3N/c12-11(13,14)9-5-1-2-6-10(9)15-7-3-4-8-15/h2,5-6H,3-4,7-8H2. The molecular weight excluding hydrogens is 203 g/mol. The third-order valence-electron chi connectivity index (χ3n) is 2.59. The molecule has 15 heavy (non-hydrogen) atoms. The minimum Gasteiger partial charge on any atom is -0.371 e. The summed E-state index contributed by atoms with van der Waals surface area (Å²) in [6.45, 7) is 1.43. The Bertz CT molecular complexity index is 340. The third kappa shape index (κ3) is 2.08. The van der Waals surface area contributed by atoms with Gasteiger partial charge in [0, 0.05) is 18.8 Å². The number of benzene rings is 1. The predicted molar refractivity (Wildman–Crippen MR) is 51.7 cm³/mol. The molecule has 1 aromatic rings. The predicted octanol–water partition coefficient (Wildman–Crippen LogP) is 3.11. The van der Waals surface area contributed by atoms with Crippen molar-refractivity contribution in [3.63, 3.8) is 0 Å². The molecule has 2 rings (SSSR count). The van der Waals surface area contributed by atoms with E-state index in [1.54, 1.807) is 4.90 Å². The van der Waals surface area contributed by atoms with E-state index in [0.29, 0.717) is 18.8 Å². The molecule has 0 aliphatic carbocycles. The molecule has 1 aromatic carbocycles. The summed E-state index contributed by atoms with van der Waals surface area (Å²) < 4.78 is 38.0. The Labute approximate surface area is 86.5 Å². The molecule has 4 heteroatoms. The number of alkyl halides is 3. The van der Waals surface area contributed by atoms with Crippen LogP contribution in [0, 0.1) is 6.07 Å². The fourth-order valence-corrected chi connectivity index (χ4v) is 1.88. The maximum Gasteiger partial charge on any atom is 0.418 e. The van der Waals surface area contributed by atoms with Crippen LogP contribution in [-0.2, 0) is 6.18 Å². The van der Waals surface area contributed by atoms with Gasteiger partial charge in [-0.2, -0.15) is 13.2 Å². The maximum absolute atomic E-state index is 12.7.